The lowest BCUT2D eigenvalue weighted by Crippen LogP contribution is -2.40. The molecule has 0 aliphatic carbocycles. The summed E-state index contributed by atoms with van der Waals surface area (Å²) in [4.78, 5) is 0. The summed E-state index contributed by atoms with van der Waals surface area (Å²) in [6.07, 6.45) is 5.71. The van der Waals surface area contributed by atoms with Gasteiger partial charge in [-0.05, 0) is 32.2 Å². The van der Waals surface area contributed by atoms with Crippen molar-refractivity contribution in [3.8, 4) is 0 Å². The summed E-state index contributed by atoms with van der Waals surface area (Å²) in [7, 11) is 0. The molecule has 0 aromatic rings. The lowest BCUT2D eigenvalue weighted by molar-refractivity contribution is 0.0115. The molecule has 0 radical (unpaired) electrons. The van der Waals surface area contributed by atoms with Gasteiger partial charge in [0.25, 0.3) is 0 Å². The van der Waals surface area contributed by atoms with Gasteiger partial charge < -0.3 is 20.1 Å². The van der Waals surface area contributed by atoms with E-state index >= 15 is 0 Å². The van der Waals surface area contributed by atoms with Gasteiger partial charge in [0.1, 0.15) is 0 Å². The lowest BCUT2D eigenvalue weighted by atomic mass is 10.1. The molecule has 94 valence electrons. The molecule has 2 fully saturated rings. The van der Waals surface area contributed by atoms with Crippen LogP contribution >= 0.6 is 0 Å². The van der Waals surface area contributed by atoms with Crippen molar-refractivity contribution in [3.63, 3.8) is 0 Å². The Hall–Kier alpha value is -0.160. The van der Waals surface area contributed by atoms with Crippen LogP contribution < -0.4 is 10.6 Å². The largest absolute Gasteiger partial charge is 0.377 e. The third-order valence-corrected chi connectivity index (χ3v) is 3.29. The van der Waals surface area contributed by atoms with E-state index in [1.54, 1.807) is 0 Å². The first-order chi connectivity index (χ1) is 7.95. The van der Waals surface area contributed by atoms with E-state index in [0.29, 0.717) is 12.2 Å². The maximum Gasteiger partial charge on any atom is 0.0712 e. The third-order valence-electron chi connectivity index (χ3n) is 3.29. The highest BCUT2D eigenvalue weighted by atomic mass is 16.5. The predicted molar refractivity (Wildman–Crippen MR) is 63.7 cm³/mol. The van der Waals surface area contributed by atoms with Gasteiger partial charge in [-0.2, -0.15) is 0 Å². The highest BCUT2D eigenvalue weighted by Gasteiger charge is 2.15. The maximum absolute atomic E-state index is 5.66. The average Bonchev–Trinajstić information content (AvgIpc) is 2.37. The first-order valence-electron chi connectivity index (χ1n) is 6.60. The van der Waals surface area contributed by atoms with E-state index < -0.39 is 0 Å². The molecule has 4 nitrogen and oxygen atoms in total. The molecule has 4 heteroatoms. The number of nitrogens with one attached hydrogen (secondary N) is 2. The second-order valence-electron chi connectivity index (χ2n) is 4.68. The molecule has 0 spiro atoms. The predicted octanol–water partition coefficient (Wildman–Crippen LogP) is 0.524. The van der Waals surface area contributed by atoms with Crippen LogP contribution in [0.4, 0.5) is 0 Å². The monoisotopic (exact) mass is 228 g/mol. The van der Waals surface area contributed by atoms with Crippen molar-refractivity contribution in [2.45, 2.75) is 37.9 Å². The molecule has 0 aromatic heterocycles. The van der Waals surface area contributed by atoms with E-state index in [4.69, 9.17) is 9.47 Å². The van der Waals surface area contributed by atoms with Crippen LogP contribution in [0.25, 0.3) is 0 Å². The van der Waals surface area contributed by atoms with Gasteiger partial charge in [-0.1, -0.05) is 0 Å². The normalized spacial score (nSPS) is 31.5. The van der Waals surface area contributed by atoms with Crippen LogP contribution in [0.1, 0.15) is 25.7 Å². The fourth-order valence-electron chi connectivity index (χ4n) is 2.30. The molecule has 2 aliphatic rings. The molecular formula is C12H24N2O2. The molecule has 0 amide bonds. The van der Waals surface area contributed by atoms with Gasteiger partial charge in [0, 0.05) is 26.2 Å². The molecular weight excluding hydrogens is 204 g/mol. The van der Waals surface area contributed by atoms with Gasteiger partial charge in [-0.3, -0.25) is 0 Å². The van der Waals surface area contributed by atoms with Crippen LogP contribution in [0.2, 0.25) is 0 Å². The van der Waals surface area contributed by atoms with E-state index in [1.165, 1.54) is 19.3 Å². The third kappa shape index (κ3) is 4.37. The Morgan fingerprint density at radius 2 is 2.06 bits per heavy atom. The highest BCUT2D eigenvalue weighted by molar-refractivity contribution is 4.70. The lowest BCUT2D eigenvalue weighted by Gasteiger charge is -2.25. The zero-order valence-electron chi connectivity index (χ0n) is 10.0. The molecule has 16 heavy (non-hydrogen) atoms. The highest BCUT2D eigenvalue weighted by Crippen LogP contribution is 2.11. The van der Waals surface area contributed by atoms with E-state index in [1.807, 2.05) is 0 Å². The molecule has 0 bridgehead atoms. The van der Waals surface area contributed by atoms with Gasteiger partial charge in [-0.25, -0.2) is 0 Å². The van der Waals surface area contributed by atoms with Crippen molar-refractivity contribution < 1.29 is 9.47 Å². The molecule has 2 N–H and O–H groups in total. The minimum Gasteiger partial charge on any atom is -0.377 e. The summed E-state index contributed by atoms with van der Waals surface area (Å²) >= 11 is 0. The number of hydrogen-bond acceptors (Lipinski definition) is 4. The van der Waals surface area contributed by atoms with Crippen LogP contribution in [0, 0.1) is 0 Å². The van der Waals surface area contributed by atoms with Crippen molar-refractivity contribution in [1.82, 2.24) is 10.6 Å². The maximum atomic E-state index is 5.66. The van der Waals surface area contributed by atoms with Crippen molar-refractivity contribution in [1.29, 1.82) is 0 Å². The SMILES string of the molecule is C1CCC(CNCCC2CNCCO2)OC1. The smallest absolute Gasteiger partial charge is 0.0712 e. The van der Waals surface area contributed by atoms with Crippen molar-refractivity contribution in [2.75, 3.05) is 39.4 Å². The Morgan fingerprint density at radius 1 is 1.12 bits per heavy atom. The molecule has 2 rings (SSSR count). The summed E-state index contributed by atoms with van der Waals surface area (Å²) < 4.78 is 11.3. The molecule has 2 saturated heterocycles. The number of ether oxygens (including phenoxy) is 2. The van der Waals surface area contributed by atoms with Crippen LogP contribution in [-0.4, -0.2) is 51.6 Å². The number of rotatable bonds is 5. The average molecular weight is 228 g/mol. The Balaban J connectivity index is 1.47. The van der Waals surface area contributed by atoms with E-state index in [9.17, 15) is 0 Å². The fraction of sp³-hybridized carbons (Fsp3) is 1.00. The van der Waals surface area contributed by atoms with Crippen LogP contribution in [-0.2, 0) is 9.47 Å². The number of morpholine rings is 1. The van der Waals surface area contributed by atoms with Gasteiger partial charge in [-0.15, -0.1) is 0 Å². The summed E-state index contributed by atoms with van der Waals surface area (Å²) in [5.41, 5.74) is 0. The Labute approximate surface area is 98.1 Å². The van der Waals surface area contributed by atoms with E-state index in [2.05, 4.69) is 10.6 Å². The minimum atomic E-state index is 0.397. The van der Waals surface area contributed by atoms with Crippen molar-refractivity contribution in [3.05, 3.63) is 0 Å². The Kier molecular flexibility index (Phi) is 5.55. The topological polar surface area (TPSA) is 42.5 Å². The minimum absolute atomic E-state index is 0.397. The van der Waals surface area contributed by atoms with E-state index in [0.717, 1.165) is 45.8 Å². The van der Waals surface area contributed by atoms with Crippen LogP contribution in [0.5, 0.6) is 0 Å². The molecule has 2 heterocycles. The summed E-state index contributed by atoms with van der Waals surface area (Å²) in [6.45, 7) is 5.84. The molecule has 2 unspecified atom stereocenters. The number of hydrogen-bond donors (Lipinski definition) is 2. The molecule has 2 atom stereocenters. The van der Waals surface area contributed by atoms with Crippen molar-refractivity contribution >= 4 is 0 Å². The standard InChI is InChI=1S/C12H24N2O2/c1-2-7-15-11(3-1)9-13-5-4-12-10-14-6-8-16-12/h11-14H,1-10H2. The molecule has 2 aliphatic heterocycles. The summed E-state index contributed by atoms with van der Waals surface area (Å²) in [5, 5.41) is 6.82. The van der Waals surface area contributed by atoms with Gasteiger partial charge in [0.2, 0.25) is 0 Å². The van der Waals surface area contributed by atoms with Gasteiger partial charge in [0.15, 0.2) is 0 Å². The quantitative estimate of drug-likeness (QED) is 0.673. The van der Waals surface area contributed by atoms with Gasteiger partial charge in [0.05, 0.1) is 18.8 Å². The van der Waals surface area contributed by atoms with E-state index in [-0.39, 0.29) is 0 Å². The van der Waals surface area contributed by atoms with Crippen LogP contribution in [0.3, 0.4) is 0 Å². The molecule has 0 saturated carbocycles. The Morgan fingerprint density at radius 3 is 2.81 bits per heavy atom. The first-order valence-corrected chi connectivity index (χ1v) is 6.60. The second-order valence-corrected chi connectivity index (χ2v) is 4.68. The second kappa shape index (κ2) is 7.22. The first kappa shape index (κ1) is 12.3. The zero-order chi connectivity index (χ0) is 11.1. The molecule has 0 aromatic carbocycles. The summed E-state index contributed by atoms with van der Waals surface area (Å²) in [5.74, 6) is 0. The summed E-state index contributed by atoms with van der Waals surface area (Å²) in [6, 6.07) is 0. The van der Waals surface area contributed by atoms with Crippen LogP contribution in [0.15, 0.2) is 0 Å². The fourth-order valence-corrected chi connectivity index (χ4v) is 2.30. The van der Waals surface area contributed by atoms with Crippen molar-refractivity contribution in [2.24, 2.45) is 0 Å². The zero-order valence-corrected chi connectivity index (χ0v) is 10.0. The van der Waals surface area contributed by atoms with Gasteiger partial charge >= 0.3 is 0 Å². The Bertz CT molecular complexity index is 158.